The zero-order chi connectivity index (χ0) is 28.8. The Morgan fingerprint density at radius 3 is 2.18 bits per heavy atom. The van der Waals surface area contributed by atoms with E-state index in [2.05, 4.69) is 20.3 Å². The largest absolute Gasteiger partial charge is 0.490 e. The van der Waals surface area contributed by atoms with E-state index >= 15 is 0 Å². The molecule has 9 nitrogen and oxygen atoms in total. The summed E-state index contributed by atoms with van der Waals surface area (Å²) < 4.78 is 79.1. The van der Waals surface area contributed by atoms with E-state index < -0.39 is 23.9 Å². The van der Waals surface area contributed by atoms with Crippen LogP contribution < -0.4 is 15.8 Å². The highest BCUT2D eigenvalue weighted by Gasteiger charge is 2.38. The second kappa shape index (κ2) is 11.8. The minimum atomic E-state index is -5.08. The molecule has 0 aliphatic heterocycles. The molecule has 0 bridgehead atoms. The van der Waals surface area contributed by atoms with E-state index in [0.29, 0.717) is 17.0 Å². The lowest BCUT2D eigenvalue weighted by Crippen LogP contribution is -2.21. The number of hydrogen-bond acceptors (Lipinski definition) is 8. The molecule has 2 heterocycles. The molecule has 0 unspecified atom stereocenters. The number of nitrogens with zero attached hydrogens (tertiary/aromatic N) is 3. The van der Waals surface area contributed by atoms with Gasteiger partial charge in [0, 0.05) is 6.54 Å². The first-order valence-electron chi connectivity index (χ1n) is 10.8. The molecule has 2 aromatic heterocycles. The van der Waals surface area contributed by atoms with Gasteiger partial charge in [0.05, 0.1) is 28.8 Å². The molecule has 5 N–H and O–H groups in total. The van der Waals surface area contributed by atoms with Crippen molar-refractivity contribution in [2.75, 3.05) is 24.2 Å². The normalized spacial score (nSPS) is 11.5. The number of aliphatic hydroxyl groups is 1. The lowest BCUT2D eigenvalue weighted by atomic mass is 10.0. The molecule has 0 atom stereocenters. The molecule has 0 fully saturated rings. The first kappa shape index (κ1) is 28.9. The van der Waals surface area contributed by atoms with E-state index in [1.54, 1.807) is 36.4 Å². The van der Waals surface area contributed by atoms with Gasteiger partial charge in [0.1, 0.15) is 17.3 Å². The molecule has 39 heavy (non-hydrogen) atoms. The maximum atomic E-state index is 13.9. The third-order valence-electron chi connectivity index (χ3n) is 4.78. The van der Waals surface area contributed by atoms with Gasteiger partial charge in [-0.3, -0.25) is 0 Å². The third-order valence-corrected chi connectivity index (χ3v) is 4.78. The van der Waals surface area contributed by atoms with Gasteiger partial charge in [-0.25, -0.2) is 9.78 Å². The third kappa shape index (κ3) is 7.44. The number of anilines is 2. The monoisotopic (exact) mass is 555 g/mol. The van der Waals surface area contributed by atoms with Gasteiger partial charge in [-0.05, 0) is 36.4 Å². The number of carboxylic acid groups (broad SMARTS) is 1. The van der Waals surface area contributed by atoms with Gasteiger partial charge in [0.2, 0.25) is 5.95 Å². The van der Waals surface area contributed by atoms with Crippen molar-refractivity contribution in [3.8, 4) is 22.8 Å². The summed E-state index contributed by atoms with van der Waals surface area (Å²) in [6, 6.07) is 15.2. The van der Waals surface area contributed by atoms with Crippen LogP contribution in [0.15, 0.2) is 60.7 Å². The first-order valence-corrected chi connectivity index (χ1v) is 10.8. The fourth-order valence-corrected chi connectivity index (χ4v) is 3.21. The molecular weight excluding hydrogens is 536 g/mol. The van der Waals surface area contributed by atoms with Crippen LogP contribution in [0, 0.1) is 0 Å². The Morgan fingerprint density at radius 2 is 1.59 bits per heavy atom. The molecular formula is C24H19F6N5O4. The fourth-order valence-electron chi connectivity index (χ4n) is 3.21. The van der Waals surface area contributed by atoms with E-state index in [4.69, 9.17) is 25.5 Å². The predicted molar refractivity (Wildman–Crippen MR) is 128 cm³/mol. The van der Waals surface area contributed by atoms with Crippen molar-refractivity contribution in [1.82, 2.24) is 15.0 Å². The van der Waals surface area contributed by atoms with Crippen LogP contribution in [0.3, 0.4) is 0 Å². The summed E-state index contributed by atoms with van der Waals surface area (Å²) in [4.78, 5) is 21.4. The van der Waals surface area contributed by atoms with E-state index in [0.717, 1.165) is 6.07 Å². The smallest absolute Gasteiger partial charge is 0.475 e. The molecule has 15 heteroatoms. The Hall–Kier alpha value is -4.66. The Morgan fingerprint density at radius 1 is 0.923 bits per heavy atom. The van der Waals surface area contributed by atoms with E-state index in [1.807, 2.05) is 0 Å². The van der Waals surface area contributed by atoms with E-state index in [-0.39, 0.29) is 41.8 Å². The quantitative estimate of drug-likeness (QED) is 0.238. The van der Waals surface area contributed by atoms with Crippen molar-refractivity contribution in [2.24, 2.45) is 0 Å². The van der Waals surface area contributed by atoms with Crippen molar-refractivity contribution >= 4 is 28.8 Å². The second-order valence-corrected chi connectivity index (χ2v) is 7.54. The molecule has 4 aromatic rings. The highest BCUT2D eigenvalue weighted by molar-refractivity contribution is 5.89. The Kier molecular flexibility index (Phi) is 8.75. The van der Waals surface area contributed by atoms with Crippen molar-refractivity contribution in [3.63, 3.8) is 0 Å². The number of benzene rings is 2. The van der Waals surface area contributed by atoms with E-state index in [1.165, 1.54) is 18.2 Å². The lowest BCUT2D eigenvalue weighted by Gasteiger charge is -2.17. The first-order chi connectivity index (χ1) is 18.3. The number of nitrogens with two attached hydrogens (primary N) is 1. The Bertz CT molecular complexity index is 1450. The summed E-state index contributed by atoms with van der Waals surface area (Å²) >= 11 is 0. The average molecular weight is 555 g/mol. The van der Waals surface area contributed by atoms with Crippen LogP contribution in [0.25, 0.3) is 22.3 Å². The number of nitrogens with one attached hydrogen (secondary N) is 1. The van der Waals surface area contributed by atoms with Gasteiger partial charge < -0.3 is 26.0 Å². The van der Waals surface area contributed by atoms with Crippen LogP contribution in [0.1, 0.15) is 5.56 Å². The van der Waals surface area contributed by atoms with Gasteiger partial charge >= 0.3 is 18.3 Å². The number of carbonyl (C=O) groups is 1. The molecule has 0 amide bonds. The number of aromatic nitrogens is 3. The van der Waals surface area contributed by atoms with Crippen molar-refractivity contribution in [1.29, 1.82) is 0 Å². The number of pyridine rings is 1. The van der Waals surface area contributed by atoms with Gasteiger partial charge in [0.25, 0.3) is 0 Å². The van der Waals surface area contributed by atoms with Gasteiger partial charge in [0.15, 0.2) is 5.65 Å². The Balaban J connectivity index is 0.000000532. The standard InChI is InChI=1S/C22H18F3N5O2.C2HF3O2/c23-22(24,25)15-7-4-8-17(32-13-5-2-1-3-6-13)18(15)16-10-9-14-19(27-11-12-31)29-21(26)30-20(14)28-16;3-2(4,5)1(6)7/h1-10,31H,11-12H2,(H3,26,27,28,29,30);(H,6,7). The second-order valence-electron chi connectivity index (χ2n) is 7.54. The molecule has 0 saturated carbocycles. The molecule has 0 aliphatic carbocycles. The fraction of sp³-hybridized carbons (Fsp3) is 0.167. The van der Waals surface area contributed by atoms with Crippen molar-refractivity contribution in [2.45, 2.75) is 12.4 Å². The summed E-state index contributed by atoms with van der Waals surface area (Å²) in [5.41, 5.74) is 4.77. The van der Waals surface area contributed by atoms with Crippen LogP contribution in [0.2, 0.25) is 0 Å². The topological polar surface area (TPSA) is 143 Å². The van der Waals surface area contributed by atoms with Crippen LogP contribution in [0.5, 0.6) is 11.5 Å². The zero-order valence-electron chi connectivity index (χ0n) is 19.6. The van der Waals surface area contributed by atoms with Crippen LogP contribution >= 0.6 is 0 Å². The number of ether oxygens (including phenoxy) is 1. The molecule has 0 radical (unpaired) electrons. The van der Waals surface area contributed by atoms with Crippen molar-refractivity contribution in [3.05, 3.63) is 66.2 Å². The molecule has 0 aliphatic rings. The van der Waals surface area contributed by atoms with Crippen molar-refractivity contribution < 1.29 is 46.1 Å². The maximum Gasteiger partial charge on any atom is 0.490 e. The highest BCUT2D eigenvalue weighted by Crippen LogP contribution is 2.43. The molecule has 4 rings (SSSR count). The number of hydrogen-bond donors (Lipinski definition) is 4. The van der Waals surface area contributed by atoms with Crippen LogP contribution in [-0.4, -0.2) is 50.5 Å². The van der Waals surface area contributed by atoms with Crippen LogP contribution in [-0.2, 0) is 11.0 Å². The number of halogens is 6. The maximum absolute atomic E-state index is 13.9. The number of aliphatic carboxylic acids is 1. The number of para-hydroxylation sites is 1. The van der Waals surface area contributed by atoms with E-state index in [9.17, 15) is 26.3 Å². The average Bonchev–Trinajstić information content (AvgIpc) is 2.86. The highest BCUT2D eigenvalue weighted by atomic mass is 19.4. The number of carboxylic acids is 1. The summed E-state index contributed by atoms with van der Waals surface area (Å²) in [6.45, 7) is 0.0648. The lowest BCUT2D eigenvalue weighted by molar-refractivity contribution is -0.192. The van der Waals surface area contributed by atoms with Gasteiger partial charge in [-0.2, -0.15) is 36.3 Å². The summed E-state index contributed by atoms with van der Waals surface area (Å²) in [7, 11) is 0. The summed E-state index contributed by atoms with van der Waals surface area (Å²) in [5, 5.41) is 19.5. The minimum Gasteiger partial charge on any atom is -0.475 e. The zero-order valence-corrected chi connectivity index (χ0v) is 19.6. The number of rotatable bonds is 6. The molecule has 206 valence electrons. The number of aliphatic hydroxyl groups excluding tert-OH is 1. The number of nitrogen functional groups attached to an aromatic ring is 1. The molecule has 0 saturated heterocycles. The SMILES string of the molecule is Nc1nc(NCCO)c2ccc(-c3c(Oc4ccccc4)cccc3C(F)(F)F)nc2n1.O=C(O)C(F)(F)F. The number of alkyl halides is 6. The Labute approximate surface area is 215 Å². The predicted octanol–water partition coefficient (Wildman–Crippen LogP) is 5.12. The van der Waals surface area contributed by atoms with Crippen LogP contribution in [0.4, 0.5) is 38.1 Å². The molecule has 2 aromatic carbocycles. The minimum absolute atomic E-state index is 0.00136. The molecule has 0 spiro atoms. The summed E-state index contributed by atoms with van der Waals surface area (Å²) in [5.74, 6) is -2.15. The summed E-state index contributed by atoms with van der Waals surface area (Å²) in [6.07, 6.45) is -9.72. The van der Waals surface area contributed by atoms with Gasteiger partial charge in [-0.1, -0.05) is 24.3 Å². The van der Waals surface area contributed by atoms with Gasteiger partial charge in [-0.15, -0.1) is 0 Å². The number of fused-ring (bicyclic) bond motifs is 1.